The average molecular weight is 115 g/mol. The van der Waals surface area contributed by atoms with Crippen molar-refractivity contribution >= 4 is 0 Å². The van der Waals surface area contributed by atoms with Crippen molar-refractivity contribution in [2.24, 2.45) is 5.92 Å². The number of rotatable bonds is 3. The first-order valence-corrected chi connectivity index (χ1v) is 3.14. The van der Waals surface area contributed by atoms with Crippen molar-refractivity contribution in [2.45, 2.75) is 33.6 Å². The van der Waals surface area contributed by atoms with Crippen LogP contribution in [0.15, 0.2) is 0 Å². The standard InChI is InChI=1S/C7H15O/c1-6(2)4-5-7(3)8/h6,8H,4-5H2,1-3H3. The zero-order valence-corrected chi connectivity index (χ0v) is 5.94. The maximum Gasteiger partial charge on any atom is 0.0902 e. The van der Waals surface area contributed by atoms with Crippen LogP contribution in [0.4, 0.5) is 0 Å². The molecule has 0 aromatic heterocycles. The Morgan fingerprint density at radius 2 is 2.00 bits per heavy atom. The summed E-state index contributed by atoms with van der Waals surface area (Å²) in [7, 11) is 0. The summed E-state index contributed by atoms with van der Waals surface area (Å²) < 4.78 is 0. The van der Waals surface area contributed by atoms with Gasteiger partial charge in [-0.3, -0.25) is 0 Å². The van der Waals surface area contributed by atoms with Gasteiger partial charge in [-0.25, -0.2) is 0 Å². The summed E-state index contributed by atoms with van der Waals surface area (Å²) in [4.78, 5) is 0. The third-order valence-electron chi connectivity index (χ3n) is 1.08. The van der Waals surface area contributed by atoms with Crippen LogP contribution in [0.2, 0.25) is 0 Å². The van der Waals surface area contributed by atoms with E-state index in [0.29, 0.717) is 12.0 Å². The Morgan fingerprint density at radius 1 is 1.50 bits per heavy atom. The summed E-state index contributed by atoms with van der Waals surface area (Å²) in [6, 6.07) is 0. The fourth-order valence-electron chi connectivity index (χ4n) is 0.498. The fraction of sp³-hybridized carbons (Fsp3) is 0.857. The lowest BCUT2D eigenvalue weighted by molar-refractivity contribution is 0.284. The average Bonchev–Trinajstić information content (AvgIpc) is 1.61. The number of aliphatic hydroxyl groups excluding tert-OH is 1. The van der Waals surface area contributed by atoms with Crippen molar-refractivity contribution in [3.63, 3.8) is 0 Å². The summed E-state index contributed by atoms with van der Waals surface area (Å²) in [5.41, 5.74) is 0. The Hall–Kier alpha value is -0.0400. The summed E-state index contributed by atoms with van der Waals surface area (Å²) >= 11 is 0. The molecule has 0 aromatic rings. The first kappa shape index (κ1) is 7.96. The molecule has 1 radical (unpaired) electrons. The number of aliphatic hydroxyl groups is 1. The monoisotopic (exact) mass is 115 g/mol. The quantitative estimate of drug-likeness (QED) is 0.598. The minimum Gasteiger partial charge on any atom is -0.387 e. The molecule has 1 heteroatoms. The molecule has 0 aliphatic carbocycles. The van der Waals surface area contributed by atoms with Gasteiger partial charge < -0.3 is 5.11 Å². The van der Waals surface area contributed by atoms with E-state index < -0.39 is 0 Å². The highest BCUT2D eigenvalue weighted by molar-refractivity contribution is 4.66. The molecular formula is C7H15O. The number of hydrogen-bond donors (Lipinski definition) is 1. The Morgan fingerprint density at radius 3 is 2.12 bits per heavy atom. The van der Waals surface area contributed by atoms with Crippen LogP contribution in [0, 0.1) is 12.0 Å². The van der Waals surface area contributed by atoms with E-state index in [-0.39, 0.29) is 0 Å². The van der Waals surface area contributed by atoms with Crippen LogP contribution in [-0.2, 0) is 0 Å². The third-order valence-corrected chi connectivity index (χ3v) is 1.08. The second-order valence-electron chi connectivity index (χ2n) is 2.67. The van der Waals surface area contributed by atoms with Crippen LogP contribution in [0.1, 0.15) is 33.6 Å². The lowest BCUT2D eigenvalue weighted by Gasteiger charge is -2.04. The highest BCUT2D eigenvalue weighted by Gasteiger charge is 1.98. The van der Waals surface area contributed by atoms with Gasteiger partial charge in [0.1, 0.15) is 0 Å². The smallest absolute Gasteiger partial charge is 0.0902 e. The van der Waals surface area contributed by atoms with Crippen molar-refractivity contribution in [3.05, 3.63) is 6.10 Å². The SMILES string of the molecule is C[C](O)CCC(C)C. The largest absolute Gasteiger partial charge is 0.387 e. The van der Waals surface area contributed by atoms with Crippen LogP contribution < -0.4 is 0 Å². The molecule has 0 fully saturated rings. The molecule has 0 rings (SSSR count). The van der Waals surface area contributed by atoms with E-state index in [1.165, 1.54) is 0 Å². The van der Waals surface area contributed by atoms with Gasteiger partial charge in [-0.2, -0.15) is 0 Å². The van der Waals surface area contributed by atoms with Crippen molar-refractivity contribution in [1.29, 1.82) is 0 Å². The zero-order chi connectivity index (χ0) is 6.57. The lowest BCUT2D eigenvalue weighted by Crippen LogP contribution is -1.92. The van der Waals surface area contributed by atoms with E-state index in [1.54, 1.807) is 6.92 Å². The van der Waals surface area contributed by atoms with Gasteiger partial charge >= 0.3 is 0 Å². The Labute approximate surface area is 51.7 Å². The van der Waals surface area contributed by atoms with Gasteiger partial charge in [0.15, 0.2) is 0 Å². The third kappa shape index (κ3) is 5.96. The second kappa shape index (κ2) is 3.90. The highest BCUT2D eigenvalue weighted by Crippen LogP contribution is 2.09. The number of hydrogen-bond acceptors (Lipinski definition) is 1. The van der Waals surface area contributed by atoms with E-state index in [0.717, 1.165) is 12.8 Å². The normalized spacial score (nSPS) is 11.2. The van der Waals surface area contributed by atoms with Crippen molar-refractivity contribution in [2.75, 3.05) is 0 Å². The van der Waals surface area contributed by atoms with Crippen LogP contribution in [0.5, 0.6) is 0 Å². The van der Waals surface area contributed by atoms with Crippen molar-refractivity contribution in [3.8, 4) is 0 Å². The molecule has 0 amide bonds. The predicted molar refractivity (Wildman–Crippen MR) is 34.9 cm³/mol. The molecule has 0 atom stereocenters. The van der Waals surface area contributed by atoms with Gasteiger partial charge in [-0.1, -0.05) is 13.8 Å². The van der Waals surface area contributed by atoms with E-state index in [4.69, 9.17) is 5.11 Å². The molecule has 1 N–H and O–H groups in total. The summed E-state index contributed by atoms with van der Waals surface area (Å²) in [5.74, 6) is 0.706. The molecule has 1 nitrogen and oxygen atoms in total. The van der Waals surface area contributed by atoms with E-state index in [1.807, 2.05) is 0 Å². The van der Waals surface area contributed by atoms with Crippen LogP contribution >= 0.6 is 0 Å². The molecule has 0 aliphatic rings. The van der Waals surface area contributed by atoms with Crippen LogP contribution in [-0.4, -0.2) is 5.11 Å². The van der Waals surface area contributed by atoms with E-state index in [9.17, 15) is 0 Å². The molecule has 0 heterocycles. The molecular weight excluding hydrogens is 100 g/mol. The molecule has 0 saturated heterocycles. The second-order valence-corrected chi connectivity index (χ2v) is 2.67. The summed E-state index contributed by atoms with van der Waals surface area (Å²) in [6.45, 7) is 6.06. The fourth-order valence-corrected chi connectivity index (χ4v) is 0.498. The van der Waals surface area contributed by atoms with Gasteiger partial charge in [-0.15, -0.1) is 0 Å². The molecule has 0 spiro atoms. The molecule has 49 valence electrons. The Bertz CT molecular complexity index is 40.3. The lowest BCUT2D eigenvalue weighted by atomic mass is 10.1. The summed E-state index contributed by atoms with van der Waals surface area (Å²) in [6.07, 6.45) is 2.51. The first-order valence-electron chi connectivity index (χ1n) is 3.14. The van der Waals surface area contributed by atoms with Crippen molar-refractivity contribution in [1.82, 2.24) is 0 Å². The first-order chi connectivity index (χ1) is 3.63. The minimum absolute atomic E-state index is 0.554. The topological polar surface area (TPSA) is 20.2 Å². The summed E-state index contributed by atoms with van der Waals surface area (Å²) in [5, 5.41) is 8.72. The predicted octanol–water partition coefficient (Wildman–Crippen LogP) is 2.35. The van der Waals surface area contributed by atoms with Gasteiger partial charge in [0.25, 0.3) is 0 Å². The van der Waals surface area contributed by atoms with Gasteiger partial charge in [0, 0.05) is 0 Å². The van der Waals surface area contributed by atoms with E-state index in [2.05, 4.69) is 13.8 Å². The maximum atomic E-state index is 8.72. The van der Waals surface area contributed by atoms with Crippen LogP contribution in [0.25, 0.3) is 0 Å². The van der Waals surface area contributed by atoms with Crippen LogP contribution in [0.3, 0.4) is 0 Å². The zero-order valence-electron chi connectivity index (χ0n) is 5.94. The minimum atomic E-state index is 0.554. The molecule has 0 bridgehead atoms. The van der Waals surface area contributed by atoms with E-state index >= 15 is 0 Å². The van der Waals surface area contributed by atoms with Crippen molar-refractivity contribution < 1.29 is 5.11 Å². The van der Waals surface area contributed by atoms with Gasteiger partial charge in [0.05, 0.1) is 6.10 Å². The highest BCUT2D eigenvalue weighted by atomic mass is 16.3. The molecule has 8 heavy (non-hydrogen) atoms. The molecule has 0 saturated carbocycles. The Kier molecular flexibility index (Phi) is 3.88. The maximum absolute atomic E-state index is 8.72. The molecule has 0 unspecified atom stereocenters. The molecule has 0 aromatic carbocycles. The van der Waals surface area contributed by atoms with Gasteiger partial charge in [-0.05, 0) is 25.7 Å². The van der Waals surface area contributed by atoms with Gasteiger partial charge in [0.2, 0.25) is 0 Å². The molecule has 0 aliphatic heterocycles. The Balaban J connectivity index is 2.93.